The smallest absolute Gasteiger partial charge is 0.273 e. The van der Waals surface area contributed by atoms with Crippen molar-refractivity contribution < 1.29 is 9.53 Å². The van der Waals surface area contributed by atoms with Crippen LogP contribution in [0.2, 0.25) is 0 Å². The van der Waals surface area contributed by atoms with Crippen LogP contribution in [0.5, 0.6) is 0 Å². The Morgan fingerprint density at radius 1 is 1.43 bits per heavy atom. The topological polar surface area (TPSA) is 42.4 Å². The van der Waals surface area contributed by atoms with Crippen molar-refractivity contribution in [1.82, 2.24) is 9.88 Å². The minimum atomic E-state index is -0.0400. The molecule has 0 N–H and O–H groups in total. The molecule has 21 heavy (non-hydrogen) atoms. The van der Waals surface area contributed by atoms with Crippen LogP contribution in [0, 0.1) is 6.92 Å². The average molecular weight is 302 g/mol. The number of rotatable bonds is 3. The molecule has 1 aliphatic rings. The molecule has 0 saturated heterocycles. The maximum absolute atomic E-state index is 12.3. The van der Waals surface area contributed by atoms with E-state index in [9.17, 15) is 4.79 Å². The molecule has 110 valence electrons. The highest BCUT2D eigenvalue weighted by Crippen LogP contribution is 2.21. The van der Waals surface area contributed by atoms with Crippen LogP contribution in [-0.4, -0.2) is 35.5 Å². The molecule has 0 radical (unpaired) electrons. The molecule has 0 bridgehead atoms. The number of likely N-dealkylation sites (N-methyl/N-ethyl adjacent to an activating group) is 1. The summed E-state index contributed by atoms with van der Waals surface area (Å²) in [6.45, 7) is 3.12. The molecule has 1 aliphatic heterocycles. The lowest BCUT2D eigenvalue weighted by Crippen LogP contribution is -2.38. The fraction of sp³-hybridized carbons (Fsp3) is 0.375. The van der Waals surface area contributed by atoms with Gasteiger partial charge in [-0.15, -0.1) is 11.3 Å². The van der Waals surface area contributed by atoms with E-state index in [1.54, 1.807) is 11.9 Å². The summed E-state index contributed by atoms with van der Waals surface area (Å²) in [7, 11) is 1.81. The number of nitrogens with zero attached hydrogens (tertiary/aromatic N) is 2. The highest BCUT2D eigenvalue weighted by Gasteiger charge is 2.23. The Morgan fingerprint density at radius 2 is 2.19 bits per heavy atom. The molecule has 1 atom stereocenters. The summed E-state index contributed by atoms with van der Waals surface area (Å²) < 4.78 is 5.85. The molecule has 1 aromatic carbocycles. The molecule has 1 amide bonds. The number of hydrogen-bond donors (Lipinski definition) is 0. The third kappa shape index (κ3) is 3.14. The predicted molar refractivity (Wildman–Crippen MR) is 82.5 cm³/mol. The molecule has 2 heterocycles. The number of ether oxygens (including phenoxy) is 1. The van der Waals surface area contributed by atoms with Crippen molar-refractivity contribution in [3.8, 4) is 0 Å². The van der Waals surface area contributed by atoms with Crippen LogP contribution in [0.3, 0.4) is 0 Å². The van der Waals surface area contributed by atoms with Gasteiger partial charge in [-0.25, -0.2) is 4.98 Å². The molecule has 0 saturated carbocycles. The maximum atomic E-state index is 12.3. The third-order valence-electron chi connectivity index (χ3n) is 3.70. The summed E-state index contributed by atoms with van der Waals surface area (Å²) in [5, 5.41) is 2.72. The zero-order valence-electron chi connectivity index (χ0n) is 12.2. The Hall–Kier alpha value is -1.72. The van der Waals surface area contributed by atoms with Gasteiger partial charge in [0, 0.05) is 25.4 Å². The lowest BCUT2D eigenvalue weighted by Gasteiger charge is -2.28. The van der Waals surface area contributed by atoms with Gasteiger partial charge in [0.05, 0.1) is 17.7 Å². The number of aromatic nitrogens is 1. The van der Waals surface area contributed by atoms with Crippen molar-refractivity contribution in [3.63, 3.8) is 0 Å². The fourth-order valence-corrected chi connectivity index (χ4v) is 3.16. The molecule has 3 rings (SSSR count). The van der Waals surface area contributed by atoms with E-state index in [0.29, 0.717) is 18.8 Å². The quantitative estimate of drug-likeness (QED) is 0.875. The number of fused-ring (bicyclic) bond motifs is 1. The van der Waals surface area contributed by atoms with Crippen molar-refractivity contribution in [1.29, 1.82) is 0 Å². The average Bonchev–Trinajstić information content (AvgIpc) is 2.93. The molecular formula is C16H18N2O2S. The van der Waals surface area contributed by atoms with Gasteiger partial charge in [-0.1, -0.05) is 24.3 Å². The predicted octanol–water partition coefficient (Wildman–Crippen LogP) is 2.67. The summed E-state index contributed by atoms with van der Waals surface area (Å²) >= 11 is 1.50. The number of carbonyl (C=O) groups is 1. The van der Waals surface area contributed by atoms with Gasteiger partial charge in [0.15, 0.2) is 0 Å². The van der Waals surface area contributed by atoms with Crippen molar-refractivity contribution >= 4 is 17.2 Å². The molecule has 5 heteroatoms. The first-order chi connectivity index (χ1) is 10.1. The molecule has 0 aliphatic carbocycles. The van der Waals surface area contributed by atoms with Gasteiger partial charge in [0.1, 0.15) is 5.69 Å². The summed E-state index contributed by atoms with van der Waals surface area (Å²) in [6.07, 6.45) is 0.901. The van der Waals surface area contributed by atoms with E-state index in [1.165, 1.54) is 22.5 Å². The number of benzene rings is 1. The van der Waals surface area contributed by atoms with Crippen molar-refractivity contribution in [2.75, 3.05) is 13.6 Å². The Morgan fingerprint density at radius 3 is 2.90 bits per heavy atom. The van der Waals surface area contributed by atoms with Crippen LogP contribution in [0.15, 0.2) is 29.6 Å². The molecule has 0 spiro atoms. The minimum absolute atomic E-state index is 0.0400. The number of hydrogen-bond acceptors (Lipinski definition) is 4. The van der Waals surface area contributed by atoms with E-state index in [-0.39, 0.29) is 12.0 Å². The van der Waals surface area contributed by atoms with Crippen LogP contribution in [0.4, 0.5) is 0 Å². The molecule has 4 nitrogen and oxygen atoms in total. The fourth-order valence-electron chi connectivity index (χ4n) is 2.57. The Bertz CT molecular complexity index is 653. The number of thiazole rings is 1. The summed E-state index contributed by atoms with van der Waals surface area (Å²) in [5.41, 5.74) is 3.09. The second-order valence-corrected chi connectivity index (χ2v) is 6.41. The van der Waals surface area contributed by atoms with Crippen molar-refractivity contribution in [2.45, 2.75) is 26.1 Å². The third-order valence-corrected chi connectivity index (χ3v) is 4.48. The summed E-state index contributed by atoms with van der Waals surface area (Å²) in [6, 6.07) is 8.31. The van der Waals surface area contributed by atoms with E-state index in [1.807, 2.05) is 24.4 Å². The molecule has 0 fully saturated rings. The second kappa shape index (κ2) is 5.95. The van der Waals surface area contributed by atoms with Gasteiger partial charge < -0.3 is 9.64 Å². The Balaban J connectivity index is 1.63. The van der Waals surface area contributed by atoms with Crippen LogP contribution in [0.25, 0.3) is 0 Å². The zero-order valence-corrected chi connectivity index (χ0v) is 13.0. The zero-order chi connectivity index (χ0) is 14.8. The minimum Gasteiger partial charge on any atom is -0.371 e. The number of amides is 1. The molecule has 2 aromatic rings. The normalized spacial score (nSPS) is 17.3. The van der Waals surface area contributed by atoms with Gasteiger partial charge in [0.2, 0.25) is 0 Å². The maximum Gasteiger partial charge on any atom is 0.273 e. The highest BCUT2D eigenvalue weighted by molar-refractivity contribution is 7.09. The van der Waals surface area contributed by atoms with Crippen molar-refractivity contribution in [3.05, 3.63) is 51.5 Å². The summed E-state index contributed by atoms with van der Waals surface area (Å²) in [4.78, 5) is 18.2. The van der Waals surface area contributed by atoms with E-state index < -0.39 is 0 Å². The molecular weight excluding hydrogens is 284 g/mol. The highest BCUT2D eigenvalue weighted by atomic mass is 32.1. The summed E-state index contributed by atoms with van der Waals surface area (Å²) in [5.74, 6) is -0.0400. The van der Waals surface area contributed by atoms with Gasteiger partial charge in [-0.2, -0.15) is 0 Å². The second-order valence-electron chi connectivity index (χ2n) is 5.34. The van der Waals surface area contributed by atoms with E-state index in [4.69, 9.17) is 4.74 Å². The first-order valence-corrected chi connectivity index (χ1v) is 7.87. The Labute approximate surface area is 128 Å². The van der Waals surface area contributed by atoms with E-state index in [0.717, 1.165) is 11.4 Å². The molecule has 1 aromatic heterocycles. The first kappa shape index (κ1) is 14.2. The number of carbonyl (C=O) groups excluding carboxylic acids is 1. The van der Waals surface area contributed by atoms with Gasteiger partial charge >= 0.3 is 0 Å². The first-order valence-electron chi connectivity index (χ1n) is 6.99. The standard InChI is InChI=1S/C16H18N2O2S/c1-11-17-15(10-21-11)16(19)18(2)8-14-7-12-5-3-4-6-13(12)9-20-14/h3-6,10,14H,7-9H2,1-2H3/t14-/m1/s1. The number of aryl methyl sites for hydroxylation is 1. The van der Waals surface area contributed by atoms with Gasteiger partial charge in [0.25, 0.3) is 5.91 Å². The van der Waals surface area contributed by atoms with E-state index in [2.05, 4.69) is 17.1 Å². The Kier molecular flexibility index (Phi) is 4.03. The lowest BCUT2D eigenvalue weighted by molar-refractivity contribution is 0.00974. The van der Waals surface area contributed by atoms with Gasteiger partial charge in [-0.05, 0) is 18.1 Å². The van der Waals surface area contributed by atoms with Crippen molar-refractivity contribution in [2.24, 2.45) is 0 Å². The molecule has 0 unspecified atom stereocenters. The van der Waals surface area contributed by atoms with Gasteiger partial charge in [-0.3, -0.25) is 4.79 Å². The SMILES string of the molecule is Cc1nc(C(=O)N(C)C[C@H]2Cc3ccccc3CO2)cs1. The van der Waals surface area contributed by atoms with E-state index >= 15 is 0 Å². The van der Waals surface area contributed by atoms with Crippen LogP contribution in [0.1, 0.15) is 26.6 Å². The van der Waals surface area contributed by atoms with Crippen LogP contribution in [-0.2, 0) is 17.8 Å². The largest absolute Gasteiger partial charge is 0.371 e. The lowest BCUT2D eigenvalue weighted by atomic mass is 9.99. The monoisotopic (exact) mass is 302 g/mol. The van der Waals surface area contributed by atoms with Crippen LogP contribution < -0.4 is 0 Å². The van der Waals surface area contributed by atoms with Crippen LogP contribution >= 0.6 is 11.3 Å².